The predicted octanol–water partition coefficient (Wildman–Crippen LogP) is 2.64. The Morgan fingerprint density at radius 2 is 1.80 bits per heavy atom. The van der Waals surface area contributed by atoms with Crippen molar-refractivity contribution in [3.05, 3.63) is 70.5 Å². The molecule has 1 heterocycles. The quantitative estimate of drug-likeness (QED) is 0.851. The van der Waals surface area contributed by atoms with Crippen molar-refractivity contribution < 1.29 is 14.0 Å². The van der Waals surface area contributed by atoms with Crippen LogP contribution >= 0.6 is 0 Å². The van der Waals surface area contributed by atoms with Crippen LogP contribution in [0.4, 0.5) is 4.39 Å². The number of amides is 2. The standard InChI is InChI=1S/C19H16FN3O2/c1-12(14-7-6-13(11-21)10-17(14)20)22-8-9-23-18(24)15-4-2-3-5-16(15)19(23)25/h2-7,10,12,22H,8-9H2,1H3/t12-/m0/s1. The van der Waals surface area contributed by atoms with Gasteiger partial charge in [-0.1, -0.05) is 18.2 Å². The number of carbonyl (C=O) groups excluding carboxylic acids is 2. The summed E-state index contributed by atoms with van der Waals surface area (Å²) in [5.41, 5.74) is 1.53. The van der Waals surface area contributed by atoms with Gasteiger partial charge in [-0.3, -0.25) is 14.5 Å². The van der Waals surface area contributed by atoms with Crippen LogP contribution in [0.5, 0.6) is 0 Å². The maximum absolute atomic E-state index is 14.0. The second-order valence-corrected chi connectivity index (χ2v) is 5.83. The van der Waals surface area contributed by atoms with Gasteiger partial charge in [-0.05, 0) is 31.2 Å². The smallest absolute Gasteiger partial charge is 0.261 e. The van der Waals surface area contributed by atoms with E-state index >= 15 is 0 Å². The van der Waals surface area contributed by atoms with E-state index in [0.29, 0.717) is 23.2 Å². The average molecular weight is 337 g/mol. The fraction of sp³-hybridized carbons (Fsp3) is 0.211. The molecule has 0 aliphatic carbocycles. The Labute approximate surface area is 144 Å². The zero-order chi connectivity index (χ0) is 18.0. The van der Waals surface area contributed by atoms with Gasteiger partial charge >= 0.3 is 0 Å². The van der Waals surface area contributed by atoms with Crippen molar-refractivity contribution in [2.75, 3.05) is 13.1 Å². The summed E-state index contributed by atoms with van der Waals surface area (Å²) in [5.74, 6) is -1.07. The Balaban J connectivity index is 1.61. The first-order valence-corrected chi connectivity index (χ1v) is 7.91. The van der Waals surface area contributed by atoms with Gasteiger partial charge in [0.05, 0.1) is 22.8 Å². The molecule has 2 aromatic rings. The Hall–Kier alpha value is -3.04. The minimum atomic E-state index is -0.459. The third-order valence-corrected chi connectivity index (χ3v) is 4.26. The van der Waals surface area contributed by atoms with Crippen LogP contribution in [-0.2, 0) is 0 Å². The van der Waals surface area contributed by atoms with Crippen molar-refractivity contribution in [2.45, 2.75) is 13.0 Å². The Kier molecular flexibility index (Phi) is 4.59. The van der Waals surface area contributed by atoms with E-state index < -0.39 is 5.82 Å². The second kappa shape index (κ2) is 6.83. The van der Waals surface area contributed by atoms with E-state index in [-0.39, 0.29) is 30.0 Å². The van der Waals surface area contributed by atoms with Gasteiger partial charge in [0.15, 0.2) is 0 Å². The van der Waals surface area contributed by atoms with Gasteiger partial charge in [-0.25, -0.2) is 4.39 Å². The largest absolute Gasteiger partial charge is 0.308 e. The fourth-order valence-corrected chi connectivity index (χ4v) is 2.89. The first-order chi connectivity index (χ1) is 12.0. The molecule has 1 aliphatic heterocycles. The normalized spacial score (nSPS) is 14.4. The summed E-state index contributed by atoms with van der Waals surface area (Å²) in [7, 11) is 0. The molecule has 5 nitrogen and oxygen atoms in total. The predicted molar refractivity (Wildman–Crippen MR) is 89.3 cm³/mol. The molecule has 2 amide bonds. The molecule has 1 aliphatic rings. The lowest BCUT2D eigenvalue weighted by Gasteiger charge is -2.18. The Morgan fingerprint density at radius 3 is 2.36 bits per heavy atom. The topological polar surface area (TPSA) is 73.2 Å². The number of imide groups is 1. The number of hydrogen-bond acceptors (Lipinski definition) is 4. The fourth-order valence-electron chi connectivity index (χ4n) is 2.89. The molecule has 0 spiro atoms. The molecule has 6 heteroatoms. The number of fused-ring (bicyclic) bond motifs is 1. The lowest BCUT2D eigenvalue weighted by molar-refractivity contribution is 0.0654. The van der Waals surface area contributed by atoms with Gasteiger partial charge in [0.2, 0.25) is 0 Å². The van der Waals surface area contributed by atoms with Crippen molar-refractivity contribution in [3.63, 3.8) is 0 Å². The van der Waals surface area contributed by atoms with Crippen LogP contribution in [0, 0.1) is 17.1 Å². The van der Waals surface area contributed by atoms with E-state index in [4.69, 9.17) is 5.26 Å². The molecule has 25 heavy (non-hydrogen) atoms. The van der Waals surface area contributed by atoms with Gasteiger partial charge in [0.1, 0.15) is 5.82 Å². The molecule has 1 atom stereocenters. The summed E-state index contributed by atoms with van der Waals surface area (Å²) in [5, 5.41) is 11.9. The van der Waals surface area contributed by atoms with Crippen molar-refractivity contribution in [3.8, 4) is 6.07 Å². The summed E-state index contributed by atoms with van der Waals surface area (Å²) in [4.78, 5) is 25.7. The number of hydrogen-bond donors (Lipinski definition) is 1. The molecule has 1 N–H and O–H groups in total. The lowest BCUT2D eigenvalue weighted by atomic mass is 10.1. The van der Waals surface area contributed by atoms with Crippen LogP contribution < -0.4 is 5.32 Å². The van der Waals surface area contributed by atoms with E-state index in [9.17, 15) is 14.0 Å². The summed E-state index contributed by atoms with van der Waals surface area (Å²) >= 11 is 0. The van der Waals surface area contributed by atoms with Crippen molar-refractivity contribution in [1.29, 1.82) is 5.26 Å². The molecule has 0 saturated heterocycles. The summed E-state index contributed by atoms with van der Waals surface area (Å²) in [6, 6.07) is 12.6. The number of rotatable bonds is 5. The molecule has 0 fully saturated rings. The molecule has 3 rings (SSSR count). The average Bonchev–Trinajstić information content (AvgIpc) is 2.86. The van der Waals surface area contributed by atoms with Crippen LogP contribution in [-0.4, -0.2) is 29.8 Å². The molecule has 0 bridgehead atoms. The minimum Gasteiger partial charge on any atom is -0.308 e. The molecule has 2 aromatic carbocycles. The number of nitriles is 1. The van der Waals surface area contributed by atoms with Crippen LogP contribution in [0.3, 0.4) is 0 Å². The second-order valence-electron chi connectivity index (χ2n) is 5.83. The SMILES string of the molecule is C[C@H](NCCN1C(=O)c2ccccc2C1=O)c1ccc(C#N)cc1F. The van der Waals surface area contributed by atoms with Crippen LogP contribution in [0.1, 0.15) is 44.8 Å². The highest BCUT2D eigenvalue weighted by Gasteiger charge is 2.34. The number of nitrogens with zero attached hydrogens (tertiary/aromatic N) is 2. The first-order valence-electron chi connectivity index (χ1n) is 7.91. The summed E-state index contributed by atoms with van der Waals surface area (Å²) in [6.45, 7) is 2.33. The van der Waals surface area contributed by atoms with Gasteiger partial charge in [-0.15, -0.1) is 0 Å². The van der Waals surface area contributed by atoms with E-state index in [1.165, 1.54) is 11.0 Å². The maximum Gasteiger partial charge on any atom is 0.261 e. The zero-order valence-corrected chi connectivity index (χ0v) is 13.6. The molecular formula is C19H16FN3O2. The van der Waals surface area contributed by atoms with Gasteiger partial charge in [-0.2, -0.15) is 5.26 Å². The number of halogens is 1. The molecular weight excluding hydrogens is 321 g/mol. The molecule has 0 radical (unpaired) electrons. The highest BCUT2D eigenvalue weighted by molar-refractivity contribution is 6.21. The monoisotopic (exact) mass is 337 g/mol. The highest BCUT2D eigenvalue weighted by atomic mass is 19.1. The van der Waals surface area contributed by atoms with Crippen LogP contribution in [0.15, 0.2) is 42.5 Å². The van der Waals surface area contributed by atoms with Gasteiger partial charge in [0.25, 0.3) is 11.8 Å². The van der Waals surface area contributed by atoms with Gasteiger partial charge in [0, 0.05) is 24.7 Å². The highest BCUT2D eigenvalue weighted by Crippen LogP contribution is 2.22. The number of carbonyl (C=O) groups is 2. The Morgan fingerprint density at radius 1 is 1.16 bits per heavy atom. The minimum absolute atomic E-state index is 0.203. The van der Waals surface area contributed by atoms with Crippen LogP contribution in [0.25, 0.3) is 0 Å². The number of nitrogens with one attached hydrogen (secondary N) is 1. The first kappa shape index (κ1) is 16.8. The van der Waals surface area contributed by atoms with Crippen molar-refractivity contribution in [2.24, 2.45) is 0 Å². The summed E-state index contributed by atoms with van der Waals surface area (Å²) < 4.78 is 14.0. The van der Waals surface area contributed by atoms with Crippen molar-refractivity contribution >= 4 is 11.8 Å². The number of benzene rings is 2. The molecule has 0 aromatic heterocycles. The van der Waals surface area contributed by atoms with E-state index in [2.05, 4.69) is 5.32 Å². The summed E-state index contributed by atoms with van der Waals surface area (Å²) in [6.07, 6.45) is 0. The lowest BCUT2D eigenvalue weighted by Crippen LogP contribution is -2.37. The van der Waals surface area contributed by atoms with Gasteiger partial charge < -0.3 is 5.32 Å². The van der Waals surface area contributed by atoms with Crippen LogP contribution in [0.2, 0.25) is 0 Å². The Bertz CT molecular complexity index is 853. The zero-order valence-electron chi connectivity index (χ0n) is 13.6. The van der Waals surface area contributed by atoms with E-state index in [0.717, 1.165) is 0 Å². The maximum atomic E-state index is 14.0. The van der Waals surface area contributed by atoms with Crippen molar-refractivity contribution in [1.82, 2.24) is 10.2 Å². The third kappa shape index (κ3) is 3.14. The van der Waals surface area contributed by atoms with E-state index in [1.807, 2.05) is 6.07 Å². The third-order valence-electron chi connectivity index (χ3n) is 4.26. The van der Waals surface area contributed by atoms with E-state index in [1.54, 1.807) is 43.3 Å². The molecule has 0 unspecified atom stereocenters. The molecule has 126 valence electrons. The molecule has 0 saturated carbocycles.